The van der Waals surface area contributed by atoms with Crippen LogP contribution in [0.25, 0.3) is 0 Å². The summed E-state index contributed by atoms with van der Waals surface area (Å²) in [5.41, 5.74) is 0. The Kier molecular flexibility index (Phi) is 6.12. The van der Waals surface area contributed by atoms with Gasteiger partial charge >= 0.3 is 12.0 Å². The molecule has 0 saturated carbocycles. The molecule has 0 aromatic rings. The lowest BCUT2D eigenvalue weighted by Crippen LogP contribution is -2.51. The molecular weight excluding hydrogens is 244 g/mol. The van der Waals surface area contributed by atoms with Crippen LogP contribution in [0, 0.1) is 5.92 Å². The van der Waals surface area contributed by atoms with Crippen LogP contribution < -0.4 is 0 Å². The first kappa shape index (κ1) is 15.8. The molecule has 1 heterocycles. The largest absolute Gasteiger partial charge is 0.480 e. The summed E-state index contributed by atoms with van der Waals surface area (Å²) in [7, 11) is 0. The topological polar surface area (TPSA) is 60.9 Å². The number of hydrogen-bond acceptors (Lipinski definition) is 2. The lowest BCUT2D eigenvalue weighted by atomic mass is 9.94. The normalized spacial score (nSPS) is 18.2. The van der Waals surface area contributed by atoms with Crippen molar-refractivity contribution in [3.8, 4) is 0 Å². The minimum Gasteiger partial charge on any atom is -0.480 e. The summed E-state index contributed by atoms with van der Waals surface area (Å²) in [6.45, 7) is 7.35. The predicted octanol–water partition coefficient (Wildman–Crippen LogP) is 2.41. The molecule has 5 nitrogen and oxygen atoms in total. The lowest BCUT2D eigenvalue weighted by molar-refractivity contribution is -0.138. The summed E-state index contributed by atoms with van der Waals surface area (Å²) in [4.78, 5) is 26.6. The van der Waals surface area contributed by atoms with Crippen molar-refractivity contribution in [3.63, 3.8) is 0 Å². The molecule has 1 aliphatic rings. The zero-order valence-electron chi connectivity index (χ0n) is 12.3. The van der Waals surface area contributed by atoms with Crippen LogP contribution in [0.1, 0.15) is 46.5 Å². The quantitative estimate of drug-likeness (QED) is 0.834. The van der Waals surface area contributed by atoms with Crippen LogP contribution in [0.15, 0.2) is 0 Å². The maximum absolute atomic E-state index is 12.4. The number of carboxylic acid groups (broad SMARTS) is 1. The first-order valence-corrected chi connectivity index (χ1v) is 7.26. The molecule has 0 bridgehead atoms. The maximum Gasteiger partial charge on any atom is 0.323 e. The molecule has 0 aromatic heterocycles. The Bertz CT molecular complexity index is 312. The number of hydrogen-bond donors (Lipinski definition) is 1. The number of likely N-dealkylation sites (tertiary alicyclic amines) is 1. The van der Waals surface area contributed by atoms with E-state index in [2.05, 4.69) is 6.92 Å². The molecule has 0 radical (unpaired) electrons. The number of nitrogens with zero attached hydrogens (tertiary/aromatic N) is 2. The van der Waals surface area contributed by atoms with Gasteiger partial charge in [-0.15, -0.1) is 0 Å². The van der Waals surface area contributed by atoms with Gasteiger partial charge in [-0.1, -0.05) is 20.3 Å². The van der Waals surface area contributed by atoms with Gasteiger partial charge in [-0.2, -0.15) is 0 Å². The molecule has 2 amide bonds. The van der Waals surface area contributed by atoms with Crippen molar-refractivity contribution in [1.82, 2.24) is 9.80 Å². The third-order valence-electron chi connectivity index (χ3n) is 4.14. The molecule has 1 N–H and O–H groups in total. The van der Waals surface area contributed by atoms with Crippen molar-refractivity contribution in [2.24, 2.45) is 5.92 Å². The molecule has 0 spiro atoms. The van der Waals surface area contributed by atoms with E-state index in [0.717, 1.165) is 38.8 Å². The Labute approximate surface area is 115 Å². The Morgan fingerprint density at radius 1 is 1.32 bits per heavy atom. The van der Waals surface area contributed by atoms with Gasteiger partial charge in [-0.25, -0.2) is 4.79 Å². The van der Waals surface area contributed by atoms with Crippen LogP contribution in [0.4, 0.5) is 4.79 Å². The van der Waals surface area contributed by atoms with E-state index < -0.39 is 5.97 Å². The van der Waals surface area contributed by atoms with Crippen molar-refractivity contribution >= 4 is 12.0 Å². The highest BCUT2D eigenvalue weighted by atomic mass is 16.4. The second-order valence-electron chi connectivity index (χ2n) is 5.40. The fraction of sp³-hybridized carbons (Fsp3) is 0.857. The standard InChI is InChI=1S/C14H26N2O3/c1-4-11(3)16(10-13(17)18)14(19)15-8-6-12(5-2)7-9-15/h11-12H,4-10H2,1-3H3,(H,17,18). The smallest absolute Gasteiger partial charge is 0.323 e. The van der Waals surface area contributed by atoms with Crippen LogP contribution in [0.3, 0.4) is 0 Å². The zero-order valence-corrected chi connectivity index (χ0v) is 12.3. The minimum atomic E-state index is -0.947. The highest BCUT2D eigenvalue weighted by molar-refractivity contribution is 5.80. The number of aliphatic carboxylic acids is 1. The number of carbonyl (C=O) groups excluding carboxylic acids is 1. The molecule has 110 valence electrons. The van der Waals surface area contributed by atoms with Gasteiger partial charge in [-0.05, 0) is 32.1 Å². The summed E-state index contributed by atoms with van der Waals surface area (Å²) in [6.07, 6.45) is 3.99. The van der Waals surface area contributed by atoms with E-state index in [4.69, 9.17) is 5.11 Å². The van der Waals surface area contributed by atoms with Crippen molar-refractivity contribution in [3.05, 3.63) is 0 Å². The second kappa shape index (κ2) is 7.36. The Balaban J connectivity index is 2.63. The van der Waals surface area contributed by atoms with Gasteiger partial charge in [0.1, 0.15) is 6.54 Å². The Hall–Kier alpha value is -1.26. The average Bonchev–Trinajstić information content (AvgIpc) is 2.43. The number of piperidine rings is 1. The third kappa shape index (κ3) is 4.40. The maximum atomic E-state index is 12.4. The van der Waals surface area contributed by atoms with Crippen molar-refractivity contribution in [2.45, 2.75) is 52.5 Å². The number of urea groups is 1. The molecular formula is C14H26N2O3. The van der Waals surface area contributed by atoms with Gasteiger partial charge in [0.2, 0.25) is 0 Å². The Morgan fingerprint density at radius 2 is 1.89 bits per heavy atom. The van der Waals surface area contributed by atoms with E-state index in [0.29, 0.717) is 5.92 Å². The summed E-state index contributed by atoms with van der Waals surface area (Å²) in [6, 6.07) is -0.154. The summed E-state index contributed by atoms with van der Waals surface area (Å²) >= 11 is 0. The highest BCUT2D eigenvalue weighted by Crippen LogP contribution is 2.21. The summed E-state index contributed by atoms with van der Waals surface area (Å²) < 4.78 is 0. The van der Waals surface area contributed by atoms with Crippen LogP contribution >= 0.6 is 0 Å². The predicted molar refractivity (Wildman–Crippen MR) is 74.1 cm³/mol. The van der Waals surface area contributed by atoms with E-state index in [1.165, 1.54) is 4.90 Å². The van der Waals surface area contributed by atoms with E-state index in [1.807, 2.05) is 13.8 Å². The molecule has 1 aliphatic heterocycles. The zero-order chi connectivity index (χ0) is 14.4. The van der Waals surface area contributed by atoms with E-state index in [-0.39, 0.29) is 18.6 Å². The monoisotopic (exact) mass is 270 g/mol. The van der Waals surface area contributed by atoms with Gasteiger partial charge in [0.15, 0.2) is 0 Å². The first-order valence-electron chi connectivity index (χ1n) is 7.26. The van der Waals surface area contributed by atoms with Crippen LogP contribution in [0.5, 0.6) is 0 Å². The lowest BCUT2D eigenvalue weighted by Gasteiger charge is -2.37. The Morgan fingerprint density at radius 3 is 2.32 bits per heavy atom. The fourth-order valence-electron chi connectivity index (χ4n) is 2.49. The molecule has 0 aliphatic carbocycles. The van der Waals surface area contributed by atoms with Crippen molar-refractivity contribution in [2.75, 3.05) is 19.6 Å². The summed E-state index contributed by atoms with van der Waals surface area (Å²) in [5.74, 6) is -0.238. The number of amides is 2. The van der Waals surface area contributed by atoms with Gasteiger partial charge in [0.25, 0.3) is 0 Å². The van der Waals surface area contributed by atoms with Crippen molar-refractivity contribution < 1.29 is 14.7 Å². The van der Waals surface area contributed by atoms with Crippen LogP contribution in [-0.4, -0.2) is 52.6 Å². The molecule has 0 aromatic carbocycles. The van der Waals surface area contributed by atoms with E-state index in [1.54, 1.807) is 4.90 Å². The van der Waals surface area contributed by atoms with Crippen LogP contribution in [0.2, 0.25) is 0 Å². The number of rotatable bonds is 5. The minimum absolute atomic E-state index is 0.0347. The highest BCUT2D eigenvalue weighted by Gasteiger charge is 2.28. The van der Waals surface area contributed by atoms with E-state index >= 15 is 0 Å². The summed E-state index contributed by atoms with van der Waals surface area (Å²) in [5, 5.41) is 8.94. The molecule has 19 heavy (non-hydrogen) atoms. The molecule has 1 unspecified atom stereocenters. The fourth-order valence-corrected chi connectivity index (χ4v) is 2.49. The van der Waals surface area contributed by atoms with Gasteiger partial charge in [0, 0.05) is 19.1 Å². The number of carboxylic acids is 1. The van der Waals surface area contributed by atoms with Crippen LogP contribution in [-0.2, 0) is 4.79 Å². The second-order valence-corrected chi connectivity index (χ2v) is 5.40. The molecule has 5 heteroatoms. The molecule has 1 saturated heterocycles. The number of carbonyl (C=O) groups is 2. The van der Waals surface area contributed by atoms with Gasteiger partial charge in [-0.3, -0.25) is 4.79 Å². The van der Waals surface area contributed by atoms with Crippen molar-refractivity contribution in [1.29, 1.82) is 0 Å². The van der Waals surface area contributed by atoms with E-state index in [9.17, 15) is 9.59 Å². The van der Waals surface area contributed by atoms with Gasteiger partial charge in [0.05, 0.1) is 0 Å². The SMILES string of the molecule is CCC1CCN(C(=O)N(CC(=O)O)C(C)CC)CC1. The molecule has 1 atom stereocenters. The third-order valence-corrected chi connectivity index (χ3v) is 4.14. The molecule has 1 fully saturated rings. The first-order chi connectivity index (χ1) is 8.99. The van der Waals surface area contributed by atoms with Gasteiger partial charge < -0.3 is 14.9 Å². The average molecular weight is 270 g/mol. The molecule has 1 rings (SSSR count).